The predicted octanol–water partition coefficient (Wildman–Crippen LogP) is 4.22. The molecule has 1 heterocycles. The number of piperidine rings is 1. The van der Waals surface area contributed by atoms with E-state index in [1.807, 2.05) is 37.3 Å². The molecular weight excluding hydrogens is 412 g/mol. The summed E-state index contributed by atoms with van der Waals surface area (Å²) in [6.45, 7) is 2.99. The van der Waals surface area contributed by atoms with Crippen LogP contribution in [0.2, 0.25) is 0 Å². The van der Waals surface area contributed by atoms with Gasteiger partial charge < -0.3 is 9.64 Å². The smallest absolute Gasteiger partial charge is 0.410 e. The van der Waals surface area contributed by atoms with Gasteiger partial charge in [-0.05, 0) is 42.4 Å². The van der Waals surface area contributed by atoms with Crippen LogP contribution in [0.3, 0.4) is 0 Å². The van der Waals surface area contributed by atoms with Gasteiger partial charge in [-0.15, -0.1) is 0 Å². The molecule has 6 nitrogen and oxygen atoms in total. The molecule has 0 bridgehead atoms. The molecule has 0 spiro atoms. The van der Waals surface area contributed by atoms with Crippen LogP contribution in [0.25, 0.3) is 11.1 Å². The molecule has 1 fully saturated rings. The van der Waals surface area contributed by atoms with Crippen molar-refractivity contribution in [2.75, 3.05) is 19.4 Å². The van der Waals surface area contributed by atoms with E-state index in [4.69, 9.17) is 4.74 Å². The van der Waals surface area contributed by atoms with Gasteiger partial charge in [0.05, 0.1) is 18.9 Å². The van der Waals surface area contributed by atoms with Crippen LogP contribution in [-0.2, 0) is 21.2 Å². The Kier molecular flexibility index (Phi) is 8.09. The molecule has 2 aromatic rings. The monoisotopic (exact) mass is 444 g/mol. The lowest BCUT2D eigenvalue weighted by molar-refractivity contribution is 0.0638. The van der Waals surface area contributed by atoms with Gasteiger partial charge in [0.2, 0.25) is 10.0 Å². The molecule has 1 aliphatic heterocycles. The Hall–Kier alpha value is -2.38. The first-order valence-electron chi connectivity index (χ1n) is 10.9. The second-order valence-electron chi connectivity index (χ2n) is 8.14. The van der Waals surface area contributed by atoms with Gasteiger partial charge >= 0.3 is 6.09 Å². The van der Waals surface area contributed by atoms with E-state index < -0.39 is 10.0 Å². The van der Waals surface area contributed by atoms with Crippen LogP contribution < -0.4 is 4.72 Å². The summed E-state index contributed by atoms with van der Waals surface area (Å²) in [5, 5.41) is 0. The van der Waals surface area contributed by atoms with Gasteiger partial charge in [-0.2, -0.15) is 0 Å². The lowest BCUT2D eigenvalue weighted by Crippen LogP contribution is -2.57. The molecule has 1 saturated heterocycles. The van der Waals surface area contributed by atoms with Crippen molar-refractivity contribution in [3.63, 3.8) is 0 Å². The molecule has 1 N–H and O–H groups in total. The van der Waals surface area contributed by atoms with E-state index in [1.165, 1.54) is 6.26 Å². The molecule has 31 heavy (non-hydrogen) atoms. The molecule has 7 heteroatoms. The second kappa shape index (κ2) is 10.8. The molecule has 2 unspecified atom stereocenters. The Labute approximate surface area is 185 Å². The fourth-order valence-electron chi connectivity index (χ4n) is 4.09. The SMILES string of the molecule is CCCCOC(=O)N1CCCC(NS(C)(=O)=O)C1Cc1cccc(-c2ccccc2)c1. The van der Waals surface area contributed by atoms with Gasteiger partial charge in [0.1, 0.15) is 0 Å². The second-order valence-corrected chi connectivity index (χ2v) is 9.92. The third-order valence-electron chi connectivity index (χ3n) is 5.58. The first-order valence-corrected chi connectivity index (χ1v) is 12.8. The van der Waals surface area contributed by atoms with E-state index in [-0.39, 0.29) is 18.2 Å². The van der Waals surface area contributed by atoms with Crippen molar-refractivity contribution in [1.82, 2.24) is 9.62 Å². The Morgan fingerprint density at radius 1 is 1.13 bits per heavy atom. The Morgan fingerprint density at radius 2 is 1.87 bits per heavy atom. The summed E-state index contributed by atoms with van der Waals surface area (Å²) < 4.78 is 32.2. The molecule has 2 atom stereocenters. The number of amides is 1. The summed E-state index contributed by atoms with van der Waals surface area (Å²) in [4.78, 5) is 14.5. The van der Waals surface area contributed by atoms with Crippen LogP contribution in [0.1, 0.15) is 38.2 Å². The standard InChI is InChI=1S/C24H32N2O4S/c1-3-4-16-30-24(27)26-15-9-14-22(25-31(2,28)29)23(26)18-19-10-8-13-21(17-19)20-11-6-5-7-12-20/h5-8,10-13,17,22-23,25H,3-4,9,14-16,18H2,1-2H3. The highest BCUT2D eigenvalue weighted by Crippen LogP contribution is 2.26. The summed E-state index contributed by atoms with van der Waals surface area (Å²) >= 11 is 0. The van der Waals surface area contributed by atoms with Gasteiger partial charge in [-0.25, -0.2) is 17.9 Å². The summed E-state index contributed by atoms with van der Waals surface area (Å²) in [6.07, 6.45) is 4.54. The van der Waals surface area contributed by atoms with E-state index in [2.05, 4.69) is 29.0 Å². The van der Waals surface area contributed by atoms with Crippen molar-refractivity contribution >= 4 is 16.1 Å². The lowest BCUT2D eigenvalue weighted by atomic mass is 9.90. The number of rotatable bonds is 8. The zero-order chi connectivity index (χ0) is 22.3. The molecule has 3 rings (SSSR count). The van der Waals surface area contributed by atoms with Crippen LogP contribution in [0, 0.1) is 0 Å². The van der Waals surface area contributed by atoms with Gasteiger partial charge in [0, 0.05) is 12.6 Å². The highest BCUT2D eigenvalue weighted by Gasteiger charge is 2.36. The largest absolute Gasteiger partial charge is 0.449 e. The molecule has 0 radical (unpaired) electrons. The number of hydrogen-bond donors (Lipinski definition) is 1. The van der Waals surface area contributed by atoms with Crippen LogP contribution >= 0.6 is 0 Å². The first-order chi connectivity index (χ1) is 14.9. The third-order valence-corrected chi connectivity index (χ3v) is 6.31. The number of likely N-dealkylation sites (tertiary alicyclic amines) is 1. The molecule has 0 aromatic heterocycles. The van der Waals surface area contributed by atoms with Crippen molar-refractivity contribution in [3.8, 4) is 11.1 Å². The minimum absolute atomic E-state index is 0.302. The number of unbranched alkanes of at least 4 members (excludes halogenated alkanes) is 1. The zero-order valence-corrected chi connectivity index (χ0v) is 19.1. The van der Waals surface area contributed by atoms with Crippen molar-refractivity contribution < 1.29 is 17.9 Å². The van der Waals surface area contributed by atoms with Crippen molar-refractivity contribution in [1.29, 1.82) is 0 Å². The van der Waals surface area contributed by atoms with Gasteiger partial charge in [0.15, 0.2) is 0 Å². The van der Waals surface area contributed by atoms with E-state index >= 15 is 0 Å². The number of benzene rings is 2. The molecule has 2 aromatic carbocycles. The summed E-state index contributed by atoms with van der Waals surface area (Å²) in [5.74, 6) is 0. The number of carbonyl (C=O) groups is 1. The van der Waals surface area contributed by atoms with E-state index in [0.717, 1.165) is 36.0 Å². The van der Waals surface area contributed by atoms with E-state index in [1.54, 1.807) is 4.90 Å². The molecule has 1 amide bonds. The lowest BCUT2D eigenvalue weighted by Gasteiger charge is -2.40. The van der Waals surface area contributed by atoms with Gasteiger partial charge in [-0.1, -0.05) is 67.9 Å². The van der Waals surface area contributed by atoms with Crippen LogP contribution in [0.5, 0.6) is 0 Å². The number of carbonyl (C=O) groups excluding carboxylic acids is 1. The highest BCUT2D eigenvalue weighted by atomic mass is 32.2. The average Bonchev–Trinajstić information content (AvgIpc) is 2.75. The minimum atomic E-state index is -3.40. The van der Waals surface area contributed by atoms with Crippen molar-refractivity contribution in [3.05, 3.63) is 60.2 Å². The maximum atomic E-state index is 12.8. The van der Waals surface area contributed by atoms with Crippen LogP contribution in [0.4, 0.5) is 4.79 Å². The van der Waals surface area contributed by atoms with Gasteiger partial charge in [0.25, 0.3) is 0 Å². The Morgan fingerprint density at radius 3 is 2.58 bits per heavy atom. The summed E-state index contributed by atoms with van der Waals surface area (Å²) in [6, 6.07) is 17.7. The molecule has 168 valence electrons. The number of hydrogen-bond acceptors (Lipinski definition) is 4. The minimum Gasteiger partial charge on any atom is -0.449 e. The van der Waals surface area contributed by atoms with E-state index in [9.17, 15) is 13.2 Å². The number of nitrogens with one attached hydrogen (secondary N) is 1. The van der Waals surface area contributed by atoms with Crippen LogP contribution in [0.15, 0.2) is 54.6 Å². The Balaban J connectivity index is 1.85. The summed E-state index contributed by atoms with van der Waals surface area (Å²) in [7, 11) is -3.40. The third kappa shape index (κ3) is 6.80. The zero-order valence-electron chi connectivity index (χ0n) is 18.3. The maximum Gasteiger partial charge on any atom is 0.410 e. The van der Waals surface area contributed by atoms with Crippen molar-refractivity contribution in [2.45, 2.75) is 51.1 Å². The number of sulfonamides is 1. The normalized spacial score (nSPS) is 19.2. The fourth-order valence-corrected chi connectivity index (χ4v) is 4.91. The molecule has 0 aliphatic carbocycles. The first kappa shape index (κ1) is 23.3. The number of nitrogens with zero attached hydrogens (tertiary/aromatic N) is 1. The van der Waals surface area contributed by atoms with E-state index in [0.29, 0.717) is 26.0 Å². The van der Waals surface area contributed by atoms with Crippen LogP contribution in [-0.4, -0.2) is 50.9 Å². The predicted molar refractivity (Wildman–Crippen MR) is 123 cm³/mol. The molecule has 0 saturated carbocycles. The topological polar surface area (TPSA) is 75.7 Å². The fraction of sp³-hybridized carbons (Fsp3) is 0.458. The average molecular weight is 445 g/mol. The van der Waals surface area contributed by atoms with Gasteiger partial charge in [-0.3, -0.25) is 0 Å². The summed E-state index contributed by atoms with van der Waals surface area (Å²) in [5.41, 5.74) is 3.27. The molecular formula is C24H32N2O4S. The highest BCUT2D eigenvalue weighted by molar-refractivity contribution is 7.88. The quantitative estimate of drug-likeness (QED) is 0.619. The number of ether oxygens (including phenoxy) is 1. The Bertz CT molecular complexity index is 963. The van der Waals surface area contributed by atoms with Crippen molar-refractivity contribution in [2.24, 2.45) is 0 Å². The maximum absolute atomic E-state index is 12.8. The molecule has 1 aliphatic rings.